The topological polar surface area (TPSA) is 49.5 Å². The van der Waals surface area contributed by atoms with Gasteiger partial charge >= 0.3 is 0 Å². The van der Waals surface area contributed by atoms with Gasteiger partial charge in [0.15, 0.2) is 0 Å². The zero-order valence-corrected chi connectivity index (χ0v) is 10.8. The van der Waals surface area contributed by atoms with E-state index >= 15 is 0 Å². The SMILES string of the molecule is NC1(c2cc(N3CC(O)C3)cc3ccccc23)CC1. The van der Waals surface area contributed by atoms with Gasteiger partial charge < -0.3 is 15.7 Å². The van der Waals surface area contributed by atoms with E-state index in [0.29, 0.717) is 0 Å². The maximum Gasteiger partial charge on any atom is 0.0889 e. The van der Waals surface area contributed by atoms with Crippen LogP contribution in [0.5, 0.6) is 0 Å². The van der Waals surface area contributed by atoms with E-state index in [1.807, 2.05) is 0 Å². The molecular weight excluding hydrogens is 236 g/mol. The largest absolute Gasteiger partial charge is 0.389 e. The first-order valence-electron chi connectivity index (χ1n) is 6.91. The molecule has 0 spiro atoms. The number of aliphatic hydroxyl groups is 1. The lowest BCUT2D eigenvalue weighted by molar-refractivity contribution is 0.142. The molecule has 0 bridgehead atoms. The predicted octanol–water partition coefficient (Wildman–Crippen LogP) is 1.97. The van der Waals surface area contributed by atoms with Crippen molar-refractivity contribution in [2.45, 2.75) is 24.5 Å². The Morgan fingerprint density at radius 3 is 2.58 bits per heavy atom. The molecule has 2 aliphatic rings. The summed E-state index contributed by atoms with van der Waals surface area (Å²) < 4.78 is 0. The number of nitrogens with two attached hydrogens (primary N) is 1. The summed E-state index contributed by atoms with van der Waals surface area (Å²) in [4.78, 5) is 2.21. The second-order valence-corrected chi connectivity index (χ2v) is 5.93. The van der Waals surface area contributed by atoms with Crippen molar-refractivity contribution >= 4 is 16.5 Å². The van der Waals surface area contributed by atoms with Gasteiger partial charge in [-0.15, -0.1) is 0 Å². The van der Waals surface area contributed by atoms with Crippen LogP contribution in [-0.2, 0) is 5.54 Å². The summed E-state index contributed by atoms with van der Waals surface area (Å²) in [6.07, 6.45) is 1.97. The highest BCUT2D eigenvalue weighted by Gasteiger charge is 2.41. The molecule has 0 unspecified atom stereocenters. The van der Waals surface area contributed by atoms with Crippen LogP contribution in [0.2, 0.25) is 0 Å². The average Bonchev–Trinajstić information content (AvgIpc) is 3.13. The third-order valence-electron chi connectivity index (χ3n) is 4.40. The van der Waals surface area contributed by atoms with Crippen molar-refractivity contribution in [3.8, 4) is 0 Å². The van der Waals surface area contributed by atoms with Gasteiger partial charge in [-0.05, 0) is 41.3 Å². The highest BCUT2D eigenvalue weighted by molar-refractivity contribution is 5.90. The summed E-state index contributed by atoms with van der Waals surface area (Å²) in [6, 6.07) is 12.9. The van der Waals surface area contributed by atoms with Crippen LogP contribution >= 0.6 is 0 Å². The summed E-state index contributed by atoms with van der Waals surface area (Å²) in [6.45, 7) is 1.46. The Hall–Kier alpha value is -1.58. The van der Waals surface area contributed by atoms with Crippen LogP contribution < -0.4 is 10.6 Å². The third kappa shape index (κ3) is 1.73. The number of anilines is 1. The molecule has 2 aromatic carbocycles. The first-order valence-corrected chi connectivity index (χ1v) is 6.91. The quantitative estimate of drug-likeness (QED) is 0.861. The first-order chi connectivity index (χ1) is 9.16. The van der Waals surface area contributed by atoms with Crippen LogP contribution in [0.3, 0.4) is 0 Å². The van der Waals surface area contributed by atoms with Gasteiger partial charge in [0.2, 0.25) is 0 Å². The fraction of sp³-hybridized carbons (Fsp3) is 0.375. The fourth-order valence-corrected chi connectivity index (χ4v) is 2.96. The van der Waals surface area contributed by atoms with Gasteiger partial charge in [-0.1, -0.05) is 24.3 Å². The van der Waals surface area contributed by atoms with Crippen molar-refractivity contribution in [3.05, 3.63) is 42.0 Å². The normalized spacial score (nSPS) is 21.5. The van der Waals surface area contributed by atoms with Crippen LogP contribution in [0.1, 0.15) is 18.4 Å². The first kappa shape index (κ1) is 11.3. The summed E-state index contributed by atoms with van der Waals surface area (Å²) in [5.74, 6) is 0. The van der Waals surface area contributed by atoms with E-state index in [1.165, 1.54) is 22.0 Å². The maximum absolute atomic E-state index is 9.47. The molecule has 19 heavy (non-hydrogen) atoms. The Labute approximate surface area is 112 Å². The van der Waals surface area contributed by atoms with E-state index in [9.17, 15) is 5.11 Å². The Kier molecular flexibility index (Phi) is 2.20. The smallest absolute Gasteiger partial charge is 0.0889 e. The molecule has 1 heterocycles. The van der Waals surface area contributed by atoms with E-state index < -0.39 is 0 Å². The molecule has 1 aliphatic heterocycles. The summed E-state index contributed by atoms with van der Waals surface area (Å²) in [5, 5.41) is 12.0. The highest BCUT2D eigenvalue weighted by Crippen LogP contribution is 2.46. The van der Waals surface area contributed by atoms with Crippen molar-refractivity contribution < 1.29 is 5.11 Å². The lowest BCUT2D eigenvalue weighted by Crippen LogP contribution is -2.50. The minimum absolute atomic E-state index is 0.126. The number of fused-ring (bicyclic) bond motifs is 1. The van der Waals surface area contributed by atoms with Gasteiger partial charge in [-0.25, -0.2) is 0 Å². The summed E-state index contributed by atoms with van der Waals surface area (Å²) in [5.41, 5.74) is 8.75. The molecule has 1 saturated carbocycles. The zero-order valence-electron chi connectivity index (χ0n) is 10.8. The van der Waals surface area contributed by atoms with Gasteiger partial charge in [-0.2, -0.15) is 0 Å². The average molecular weight is 254 g/mol. The van der Waals surface area contributed by atoms with Gasteiger partial charge in [-0.3, -0.25) is 0 Å². The molecule has 3 N–H and O–H groups in total. The van der Waals surface area contributed by atoms with Gasteiger partial charge in [0.05, 0.1) is 6.10 Å². The molecule has 3 heteroatoms. The second-order valence-electron chi connectivity index (χ2n) is 5.93. The molecule has 2 fully saturated rings. The molecule has 3 nitrogen and oxygen atoms in total. The van der Waals surface area contributed by atoms with Crippen LogP contribution in [0.25, 0.3) is 10.8 Å². The molecule has 0 atom stereocenters. The van der Waals surface area contributed by atoms with E-state index in [0.717, 1.165) is 25.9 Å². The number of aliphatic hydroxyl groups excluding tert-OH is 1. The minimum Gasteiger partial charge on any atom is -0.389 e. The Morgan fingerprint density at radius 1 is 1.16 bits per heavy atom. The van der Waals surface area contributed by atoms with Crippen molar-refractivity contribution in [3.63, 3.8) is 0 Å². The van der Waals surface area contributed by atoms with Crippen molar-refractivity contribution in [1.29, 1.82) is 0 Å². The zero-order chi connectivity index (χ0) is 13.0. The standard InChI is InChI=1S/C16H18N2O/c17-16(5-6-16)15-8-12(18-9-13(19)10-18)7-11-3-1-2-4-14(11)15/h1-4,7-8,13,19H,5-6,9-10,17H2. The Bertz CT molecular complexity index is 642. The van der Waals surface area contributed by atoms with Crippen LogP contribution in [0, 0.1) is 0 Å². The summed E-state index contributed by atoms with van der Waals surface area (Å²) >= 11 is 0. The maximum atomic E-state index is 9.47. The fourth-order valence-electron chi connectivity index (χ4n) is 2.96. The van der Waals surface area contributed by atoms with Crippen LogP contribution in [0.15, 0.2) is 36.4 Å². The highest BCUT2D eigenvalue weighted by atomic mass is 16.3. The van der Waals surface area contributed by atoms with Crippen molar-refractivity contribution in [2.75, 3.05) is 18.0 Å². The van der Waals surface area contributed by atoms with Gasteiger partial charge in [0, 0.05) is 24.3 Å². The second kappa shape index (κ2) is 3.71. The van der Waals surface area contributed by atoms with Crippen LogP contribution in [-0.4, -0.2) is 24.3 Å². The predicted molar refractivity (Wildman–Crippen MR) is 77.3 cm³/mol. The number of rotatable bonds is 2. The van der Waals surface area contributed by atoms with Gasteiger partial charge in [0.25, 0.3) is 0 Å². The van der Waals surface area contributed by atoms with E-state index in [2.05, 4.69) is 41.3 Å². The molecule has 98 valence electrons. The van der Waals surface area contributed by atoms with E-state index in [4.69, 9.17) is 5.73 Å². The van der Waals surface area contributed by atoms with E-state index in [-0.39, 0.29) is 11.6 Å². The monoisotopic (exact) mass is 254 g/mol. The molecular formula is C16H18N2O. The van der Waals surface area contributed by atoms with Gasteiger partial charge in [0.1, 0.15) is 0 Å². The number of hydrogen-bond acceptors (Lipinski definition) is 3. The molecule has 1 saturated heterocycles. The molecule has 1 aliphatic carbocycles. The summed E-state index contributed by atoms with van der Waals surface area (Å²) in [7, 11) is 0. The molecule has 0 amide bonds. The van der Waals surface area contributed by atoms with Crippen LogP contribution in [0.4, 0.5) is 5.69 Å². The Balaban J connectivity index is 1.87. The van der Waals surface area contributed by atoms with E-state index in [1.54, 1.807) is 0 Å². The third-order valence-corrected chi connectivity index (χ3v) is 4.40. The lowest BCUT2D eigenvalue weighted by Gasteiger charge is -2.38. The minimum atomic E-state index is -0.178. The van der Waals surface area contributed by atoms with Crippen molar-refractivity contribution in [2.24, 2.45) is 5.73 Å². The van der Waals surface area contributed by atoms with Crippen molar-refractivity contribution in [1.82, 2.24) is 0 Å². The lowest BCUT2D eigenvalue weighted by atomic mass is 9.95. The number of nitrogens with zero attached hydrogens (tertiary/aromatic N) is 1. The molecule has 0 aromatic heterocycles. The number of β-amino-alcohol motifs (C(OH)–C–C–N with tert-alkyl or cyclic N) is 1. The number of hydrogen-bond donors (Lipinski definition) is 2. The molecule has 2 aromatic rings. The Morgan fingerprint density at radius 2 is 1.89 bits per heavy atom. The molecule has 0 radical (unpaired) electrons. The number of benzene rings is 2. The molecule has 4 rings (SSSR count).